The molecule has 0 saturated carbocycles. The smallest absolute Gasteiger partial charge is 0.408 e. The van der Waals surface area contributed by atoms with Crippen molar-refractivity contribution in [1.82, 2.24) is 5.32 Å². The second-order valence-corrected chi connectivity index (χ2v) is 5.32. The fraction of sp³-hybridized carbons (Fsp3) is 0.833. The third kappa shape index (κ3) is 7.11. The molecule has 1 unspecified atom stereocenters. The third-order valence-electron chi connectivity index (χ3n) is 1.96. The Hall–Kier alpha value is -1.30. The van der Waals surface area contributed by atoms with E-state index in [1.54, 1.807) is 20.8 Å². The standard InChI is InChI=1S/C12H24N2O4/c1-8(2)9(10(15)17-7-6-13)14-11(16)18-12(3,4)5/h8-9H,6-7,13H2,1-5H3,(H,14,16). The molecule has 0 rings (SSSR count). The van der Waals surface area contributed by atoms with E-state index in [1.165, 1.54) is 0 Å². The maximum atomic E-state index is 11.7. The van der Waals surface area contributed by atoms with Crippen LogP contribution in [0.4, 0.5) is 4.79 Å². The van der Waals surface area contributed by atoms with Gasteiger partial charge < -0.3 is 20.5 Å². The topological polar surface area (TPSA) is 90.6 Å². The van der Waals surface area contributed by atoms with Crippen molar-refractivity contribution in [2.24, 2.45) is 11.7 Å². The Balaban J connectivity index is 4.45. The number of amides is 1. The van der Waals surface area contributed by atoms with Crippen LogP contribution in [-0.2, 0) is 14.3 Å². The quantitative estimate of drug-likeness (QED) is 0.721. The van der Waals surface area contributed by atoms with Crippen molar-refractivity contribution in [3.63, 3.8) is 0 Å². The first-order valence-electron chi connectivity index (χ1n) is 6.03. The highest BCUT2D eigenvalue weighted by molar-refractivity contribution is 5.81. The second kappa shape index (κ2) is 7.20. The highest BCUT2D eigenvalue weighted by Gasteiger charge is 2.27. The van der Waals surface area contributed by atoms with E-state index in [2.05, 4.69) is 5.32 Å². The SMILES string of the molecule is CC(C)C(NC(=O)OC(C)(C)C)C(=O)OCCN. The Kier molecular flexibility index (Phi) is 6.68. The molecule has 6 heteroatoms. The number of hydrogen-bond acceptors (Lipinski definition) is 5. The molecule has 0 spiro atoms. The van der Waals surface area contributed by atoms with Gasteiger partial charge in [-0.3, -0.25) is 0 Å². The van der Waals surface area contributed by atoms with Gasteiger partial charge in [0.15, 0.2) is 0 Å². The number of carbonyl (C=O) groups excluding carboxylic acids is 2. The molecule has 0 radical (unpaired) electrons. The number of esters is 1. The summed E-state index contributed by atoms with van der Waals surface area (Å²) in [5.74, 6) is -0.593. The molecule has 0 saturated heterocycles. The number of nitrogens with two attached hydrogens (primary N) is 1. The third-order valence-corrected chi connectivity index (χ3v) is 1.96. The summed E-state index contributed by atoms with van der Waals surface area (Å²) in [6.45, 7) is 9.27. The minimum Gasteiger partial charge on any atom is -0.463 e. The highest BCUT2D eigenvalue weighted by Crippen LogP contribution is 2.09. The maximum absolute atomic E-state index is 11.7. The Morgan fingerprint density at radius 1 is 1.28 bits per heavy atom. The Bertz CT molecular complexity index is 284. The van der Waals surface area contributed by atoms with E-state index < -0.39 is 23.7 Å². The van der Waals surface area contributed by atoms with Crippen LogP contribution in [0.3, 0.4) is 0 Å². The van der Waals surface area contributed by atoms with Crippen LogP contribution in [0, 0.1) is 5.92 Å². The summed E-state index contributed by atoms with van der Waals surface area (Å²) < 4.78 is 10.0. The number of hydrogen-bond donors (Lipinski definition) is 2. The average molecular weight is 260 g/mol. The molecule has 0 aromatic carbocycles. The molecule has 0 aliphatic carbocycles. The van der Waals surface area contributed by atoms with Crippen LogP contribution >= 0.6 is 0 Å². The van der Waals surface area contributed by atoms with Gasteiger partial charge in [-0.2, -0.15) is 0 Å². The van der Waals surface area contributed by atoms with Gasteiger partial charge >= 0.3 is 12.1 Å². The van der Waals surface area contributed by atoms with E-state index in [-0.39, 0.29) is 19.1 Å². The van der Waals surface area contributed by atoms with Crippen LogP contribution in [-0.4, -0.2) is 36.9 Å². The maximum Gasteiger partial charge on any atom is 0.408 e. The molecule has 0 aliphatic heterocycles. The van der Waals surface area contributed by atoms with Crippen molar-refractivity contribution >= 4 is 12.1 Å². The summed E-state index contributed by atoms with van der Waals surface area (Å²) in [5.41, 5.74) is 4.64. The average Bonchev–Trinajstić information content (AvgIpc) is 2.19. The molecule has 0 aliphatic rings. The molecule has 0 heterocycles. The van der Waals surface area contributed by atoms with Crippen molar-refractivity contribution < 1.29 is 19.1 Å². The number of nitrogens with one attached hydrogen (secondary N) is 1. The number of alkyl carbamates (subject to hydrolysis) is 1. The normalized spacial score (nSPS) is 13.1. The van der Waals surface area contributed by atoms with Gasteiger partial charge in [0.2, 0.25) is 0 Å². The summed E-state index contributed by atoms with van der Waals surface area (Å²) in [4.78, 5) is 23.3. The molecule has 18 heavy (non-hydrogen) atoms. The largest absolute Gasteiger partial charge is 0.463 e. The van der Waals surface area contributed by atoms with Gasteiger partial charge in [-0.25, -0.2) is 9.59 Å². The van der Waals surface area contributed by atoms with Crippen LogP contribution in [0.25, 0.3) is 0 Å². The fourth-order valence-corrected chi connectivity index (χ4v) is 1.18. The van der Waals surface area contributed by atoms with Crippen LogP contribution in [0.15, 0.2) is 0 Å². The molecule has 0 fully saturated rings. The lowest BCUT2D eigenvalue weighted by Crippen LogP contribution is -2.47. The van der Waals surface area contributed by atoms with Crippen LogP contribution < -0.4 is 11.1 Å². The van der Waals surface area contributed by atoms with Crippen LogP contribution in [0.5, 0.6) is 0 Å². The van der Waals surface area contributed by atoms with Crippen molar-refractivity contribution in [1.29, 1.82) is 0 Å². The van der Waals surface area contributed by atoms with E-state index in [0.29, 0.717) is 0 Å². The summed E-state index contributed by atoms with van der Waals surface area (Å²) in [6.07, 6.45) is -0.633. The number of rotatable bonds is 5. The van der Waals surface area contributed by atoms with Gasteiger partial charge in [-0.05, 0) is 26.7 Å². The lowest BCUT2D eigenvalue weighted by Gasteiger charge is -2.24. The summed E-state index contributed by atoms with van der Waals surface area (Å²) >= 11 is 0. The zero-order valence-corrected chi connectivity index (χ0v) is 11.8. The Morgan fingerprint density at radius 3 is 2.22 bits per heavy atom. The fourth-order valence-electron chi connectivity index (χ4n) is 1.18. The predicted octanol–water partition coefficient (Wildman–Crippen LogP) is 1.04. The first-order chi connectivity index (χ1) is 8.17. The minimum absolute atomic E-state index is 0.0946. The Labute approximate surface area is 108 Å². The van der Waals surface area contributed by atoms with Crippen molar-refractivity contribution in [3.05, 3.63) is 0 Å². The van der Waals surface area contributed by atoms with E-state index in [1.807, 2.05) is 13.8 Å². The number of carbonyl (C=O) groups is 2. The molecule has 1 atom stereocenters. The van der Waals surface area contributed by atoms with Crippen molar-refractivity contribution in [2.75, 3.05) is 13.2 Å². The zero-order chi connectivity index (χ0) is 14.3. The van der Waals surface area contributed by atoms with Gasteiger partial charge in [-0.1, -0.05) is 13.8 Å². The Morgan fingerprint density at radius 2 is 1.83 bits per heavy atom. The monoisotopic (exact) mass is 260 g/mol. The molecular weight excluding hydrogens is 236 g/mol. The first-order valence-corrected chi connectivity index (χ1v) is 6.03. The van der Waals surface area contributed by atoms with Gasteiger partial charge in [0.1, 0.15) is 18.2 Å². The zero-order valence-electron chi connectivity index (χ0n) is 11.8. The lowest BCUT2D eigenvalue weighted by molar-refractivity contribution is -0.147. The van der Waals surface area contributed by atoms with Gasteiger partial charge in [0, 0.05) is 6.54 Å². The van der Waals surface area contributed by atoms with Crippen LogP contribution in [0.2, 0.25) is 0 Å². The molecule has 1 amide bonds. The molecule has 6 nitrogen and oxygen atoms in total. The van der Waals surface area contributed by atoms with Crippen molar-refractivity contribution in [2.45, 2.75) is 46.3 Å². The minimum atomic E-state index is -0.730. The molecule has 0 aromatic heterocycles. The van der Waals surface area contributed by atoms with E-state index in [4.69, 9.17) is 15.2 Å². The molecule has 0 bridgehead atoms. The van der Waals surface area contributed by atoms with Crippen LogP contribution in [0.1, 0.15) is 34.6 Å². The lowest BCUT2D eigenvalue weighted by atomic mass is 10.1. The summed E-state index contributed by atoms with van der Waals surface area (Å²) in [7, 11) is 0. The first kappa shape index (κ1) is 16.7. The van der Waals surface area contributed by atoms with Crippen molar-refractivity contribution in [3.8, 4) is 0 Å². The molecule has 106 valence electrons. The second-order valence-electron chi connectivity index (χ2n) is 5.32. The molecular formula is C12H24N2O4. The summed E-state index contributed by atoms with van der Waals surface area (Å²) in [5, 5.41) is 2.51. The van der Waals surface area contributed by atoms with Gasteiger partial charge in [0.05, 0.1) is 0 Å². The van der Waals surface area contributed by atoms with E-state index in [0.717, 1.165) is 0 Å². The number of ether oxygens (including phenoxy) is 2. The van der Waals surface area contributed by atoms with Gasteiger partial charge in [-0.15, -0.1) is 0 Å². The highest BCUT2D eigenvalue weighted by atomic mass is 16.6. The van der Waals surface area contributed by atoms with E-state index in [9.17, 15) is 9.59 Å². The summed E-state index contributed by atoms with van der Waals surface area (Å²) in [6, 6.07) is -0.730. The molecule has 3 N–H and O–H groups in total. The predicted molar refractivity (Wildman–Crippen MR) is 68.0 cm³/mol. The molecule has 0 aromatic rings. The van der Waals surface area contributed by atoms with Gasteiger partial charge in [0.25, 0.3) is 0 Å². The van der Waals surface area contributed by atoms with E-state index >= 15 is 0 Å².